The first kappa shape index (κ1) is 21.7. The fraction of sp³-hybridized carbons (Fsp3) is 0.600. The average Bonchev–Trinajstić information content (AvgIpc) is 2.81. The minimum atomic E-state index is -3.75. The maximum absolute atomic E-state index is 13.1. The van der Waals surface area contributed by atoms with Gasteiger partial charge in [-0.2, -0.15) is 17.0 Å². The Morgan fingerprint density at radius 2 is 1.83 bits per heavy atom. The van der Waals surface area contributed by atoms with E-state index < -0.39 is 10.2 Å². The molecule has 0 aromatic heterocycles. The van der Waals surface area contributed by atoms with Crippen LogP contribution < -0.4 is 10.2 Å². The maximum Gasteiger partial charge on any atom is 0.282 e. The summed E-state index contributed by atoms with van der Waals surface area (Å²) in [5, 5.41) is 2.81. The first-order chi connectivity index (χ1) is 13.7. The highest BCUT2D eigenvalue weighted by Gasteiger charge is 2.35. The highest BCUT2D eigenvalue weighted by molar-refractivity contribution is 7.86. The second-order valence-electron chi connectivity index (χ2n) is 7.95. The fourth-order valence-corrected chi connectivity index (χ4v) is 5.47. The Balaban J connectivity index is 1.78. The number of para-hydroxylation sites is 2. The van der Waals surface area contributed by atoms with Crippen molar-refractivity contribution in [1.29, 1.82) is 0 Å². The summed E-state index contributed by atoms with van der Waals surface area (Å²) in [7, 11) is -0.720. The summed E-state index contributed by atoms with van der Waals surface area (Å²) in [5.74, 6) is -0.525. The van der Waals surface area contributed by atoms with Crippen LogP contribution in [0.3, 0.4) is 0 Å². The number of carbonyl (C=O) groups excluding carboxylic acids is 2. The molecule has 1 atom stereocenters. The lowest BCUT2D eigenvalue weighted by atomic mass is 9.96. The molecule has 8 nitrogen and oxygen atoms in total. The Morgan fingerprint density at radius 1 is 1.17 bits per heavy atom. The predicted molar refractivity (Wildman–Crippen MR) is 113 cm³/mol. The maximum atomic E-state index is 13.1. The molecule has 0 radical (unpaired) electrons. The van der Waals surface area contributed by atoms with Crippen molar-refractivity contribution in [3.63, 3.8) is 0 Å². The van der Waals surface area contributed by atoms with Gasteiger partial charge in [0.05, 0.1) is 17.9 Å². The second kappa shape index (κ2) is 8.81. The van der Waals surface area contributed by atoms with Gasteiger partial charge in [-0.1, -0.05) is 31.4 Å². The monoisotopic (exact) mass is 422 g/mol. The lowest BCUT2D eigenvalue weighted by molar-refractivity contribution is -0.119. The molecular formula is C20H30N4O4S. The molecule has 1 heterocycles. The van der Waals surface area contributed by atoms with Crippen LogP contribution in [0.5, 0.6) is 0 Å². The van der Waals surface area contributed by atoms with Gasteiger partial charge in [-0.25, -0.2) is 0 Å². The summed E-state index contributed by atoms with van der Waals surface area (Å²) in [6, 6.07) is 6.68. The number of rotatable bonds is 5. The molecule has 1 unspecified atom stereocenters. The number of likely N-dealkylation sites (N-methyl/N-ethyl adjacent to an activating group) is 1. The van der Waals surface area contributed by atoms with E-state index in [9.17, 15) is 18.0 Å². The molecule has 3 rings (SSSR count). The van der Waals surface area contributed by atoms with E-state index in [1.54, 1.807) is 38.2 Å². The molecular weight excluding hydrogens is 392 g/mol. The lowest BCUT2D eigenvalue weighted by Gasteiger charge is -2.34. The standard InChI is InChI=1S/C20H30N4O4S/c1-15-13-19(25)21-17-11-7-8-12-18(17)24(15)20(26)14-22(2)29(27,28)23(3)16-9-5-4-6-10-16/h7-8,11-12,15-16H,4-6,9-10,13-14H2,1-3H3,(H,21,25). The zero-order chi connectivity index (χ0) is 21.2. The second-order valence-corrected chi connectivity index (χ2v) is 10.0. The van der Waals surface area contributed by atoms with Gasteiger partial charge < -0.3 is 10.2 Å². The van der Waals surface area contributed by atoms with Crippen molar-refractivity contribution in [2.75, 3.05) is 30.9 Å². The predicted octanol–water partition coefficient (Wildman–Crippen LogP) is 2.19. The molecule has 1 fully saturated rings. The van der Waals surface area contributed by atoms with E-state index >= 15 is 0 Å². The number of amides is 2. The third-order valence-corrected chi connectivity index (χ3v) is 7.78. The summed E-state index contributed by atoms with van der Waals surface area (Å²) in [4.78, 5) is 26.8. The molecule has 1 aliphatic heterocycles. The van der Waals surface area contributed by atoms with E-state index in [2.05, 4.69) is 5.32 Å². The largest absolute Gasteiger partial charge is 0.324 e. The van der Waals surface area contributed by atoms with Gasteiger partial charge in [-0.05, 0) is 31.9 Å². The lowest BCUT2D eigenvalue weighted by Crippen LogP contribution is -2.50. The van der Waals surface area contributed by atoms with Gasteiger partial charge in [0.2, 0.25) is 11.8 Å². The summed E-state index contributed by atoms with van der Waals surface area (Å²) < 4.78 is 28.5. The zero-order valence-electron chi connectivity index (χ0n) is 17.3. The van der Waals surface area contributed by atoms with Gasteiger partial charge in [0.15, 0.2) is 0 Å². The van der Waals surface area contributed by atoms with E-state index in [1.807, 2.05) is 0 Å². The van der Waals surface area contributed by atoms with Crippen molar-refractivity contribution in [3.05, 3.63) is 24.3 Å². The van der Waals surface area contributed by atoms with Crippen LogP contribution in [0.1, 0.15) is 45.4 Å². The van der Waals surface area contributed by atoms with Gasteiger partial charge in [0.1, 0.15) is 0 Å². The van der Waals surface area contributed by atoms with Crippen LogP contribution >= 0.6 is 0 Å². The van der Waals surface area contributed by atoms with Crippen molar-refractivity contribution in [3.8, 4) is 0 Å². The molecule has 1 N–H and O–H groups in total. The van der Waals surface area contributed by atoms with Crippen LogP contribution in [-0.4, -0.2) is 61.6 Å². The minimum absolute atomic E-state index is 0.0223. The first-order valence-corrected chi connectivity index (χ1v) is 11.5. The van der Waals surface area contributed by atoms with E-state index in [0.29, 0.717) is 11.4 Å². The number of anilines is 2. The molecule has 9 heteroatoms. The van der Waals surface area contributed by atoms with Crippen LogP contribution in [0.25, 0.3) is 0 Å². The van der Waals surface area contributed by atoms with Crippen molar-refractivity contribution in [1.82, 2.24) is 8.61 Å². The van der Waals surface area contributed by atoms with Crippen molar-refractivity contribution < 1.29 is 18.0 Å². The van der Waals surface area contributed by atoms with E-state index in [1.165, 1.54) is 16.3 Å². The molecule has 1 aliphatic carbocycles. The Hall–Kier alpha value is -1.97. The normalized spacial score (nSPS) is 21.1. The third kappa shape index (κ3) is 4.62. The topological polar surface area (TPSA) is 90.0 Å². The number of fused-ring (bicyclic) bond motifs is 1. The molecule has 1 aromatic rings. The van der Waals surface area contributed by atoms with Gasteiger partial charge in [-0.15, -0.1) is 0 Å². The Labute approximate surface area is 173 Å². The number of nitrogens with one attached hydrogen (secondary N) is 1. The number of carbonyl (C=O) groups is 2. The van der Waals surface area contributed by atoms with Gasteiger partial charge in [-0.3, -0.25) is 9.59 Å². The Bertz CT molecular complexity index is 867. The van der Waals surface area contributed by atoms with Crippen LogP contribution in [0, 0.1) is 0 Å². The van der Waals surface area contributed by atoms with Gasteiger partial charge in [0.25, 0.3) is 10.2 Å². The Morgan fingerprint density at radius 3 is 2.52 bits per heavy atom. The van der Waals surface area contributed by atoms with Crippen molar-refractivity contribution >= 4 is 33.4 Å². The highest BCUT2D eigenvalue weighted by Crippen LogP contribution is 2.31. The van der Waals surface area contributed by atoms with E-state index in [0.717, 1.165) is 36.4 Å². The number of hydrogen-bond donors (Lipinski definition) is 1. The Kier molecular flexibility index (Phi) is 6.60. The average molecular weight is 423 g/mol. The van der Waals surface area contributed by atoms with Crippen LogP contribution in [0.2, 0.25) is 0 Å². The highest BCUT2D eigenvalue weighted by atomic mass is 32.2. The number of hydrogen-bond acceptors (Lipinski definition) is 4. The molecule has 2 aliphatic rings. The van der Waals surface area contributed by atoms with Gasteiger partial charge in [0, 0.05) is 32.6 Å². The molecule has 160 valence electrons. The van der Waals surface area contributed by atoms with E-state index in [-0.39, 0.29) is 36.9 Å². The first-order valence-electron chi connectivity index (χ1n) is 10.1. The van der Waals surface area contributed by atoms with Crippen LogP contribution in [-0.2, 0) is 19.8 Å². The fourth-order valence-electron chi connectivity index (χ4n) is 4.17. The van der Waals surface area contributed by atoms with Crippen LogP contribution in [0.15, 0.2) is 24.3 Å². The summed E-state index contributed by atoms with van der Waals surface area (Å²) in [6.07, 6.45) is 5.03. The smallest absolute Gasteiger partial charge is 0.282 e. The summed E-state index contributed by atoms with van der Waals surface area (Å²) >= 11 is 0. The minimum Gasteiger partial charge on any atom is -0.324 e. The summed E-state index contributed by atoms with van der Waals surface area (Å²) in [6.45, 7) is 1.51. The van der Waals surface area contributed by atoms with Gasteiger partial charge >= 0.3 is 0 Å². The molecule has 0 bridgehead atoms. The van der Waals surface area contributed by atoms with Crippen LogP contribution in [0.4, 0.5) is 11.4 Å². The quantitative estimate of drug-likeness (QED) is 0.788. The zero-order valence-corrected chi connectivity index (χ0v) is 18.1. The van der Waals surface area contributed by atoms with Crippen molar-refractivity contribution in [2.24, 2.45) is 0 Å². The molecule has 0 spiro atoms. The molecule has 29 heavy (non-hydrogen) atoms. The third-order valence-electron chi connectivity index (χ3n) is 5.83. The molecule has 1 saturated carbocycles. The van der Waals surface area contributed by atoms with Crippen molar-refractivity contribution in [2.45, 2.75) is 57.5 Å². The number of nitrogens with zero attached hydrogens (tertiary/aromatic N) is 3. The molecule has 1 aromatic carbocycles. The molecule has 2 amide bonds. The number of benzene rings is 1. The molecule has 0 saturated heterocycles. The van der Waals surface area contributed by atoms with E-state index in [4.69, 9.17) is 0 Å². The SMILES string of the molecule is CC1CC(=O)Nc2ccccc2N1C(=O)CN(C)S(=O)(=O)N(C)C1CCCCC1. The summed E-state index contributed by atoms with van der Waals surface area (Å²) in [5.41, 5.74) is 1.14.